The third-order valence-corrected chi connectivity index (χ3v) is 3.93. The van der Waals surface area contributed by atoms with Crippen molar-refractivity contribution in [3.63, 3.8) is 0 Å². The van der Waals surface area contributed by atoms with Crippen molar-refractivity contribution in [3.8, 4) is 5.75 Å². The van der Waals surface area contributed by atoms with Gasteiger partial charge >= 0.3 is 6.36 Å². The van der Waals surface area contributed by atoms with Crippen LogP contribution in [0, 0.1) is 5.82 Å². The highest BCUT2D eigenvalue weighted by Crippen LogP contribution is 2.35. The second-order valence-corrected chi connectivity index (χ2v) is 5.57. The van der Waals surface area contributed by atoms with Crippen LogP contribution in [0.4, 0.5) is 17.6 Å². The fourth-order valence-corrected chi connectivity index (χ4v) is 2.90. The number of ether oxygens (including phenoxy) is 1. The molecule has 2 N–H and O–H groups in total. The maximum atomic E-state index is 14.2. The molecule has 0 bridgehead atoms. The van der Waals surface area contributed by atoms with Crippen LogP contribution in [0.2, 0.25) is 0 Å². The normalized spacial score (nSPS) is 21.7. The minimum absolute atomic E-state index is 0.0827. The lowest BCUT2D eigenvalue weighted by Crippen LogP contribution is -2.31. The summed E-state index contributed by atoms with van der Waals surface area (Å²) in [6.07, 6.45) is -3.71. The van der Waals surface area contributed by atoms with E-state index in [-0.39, 0.29) is 17.0 Å². The smallest absolute Gasteiger partial charge is 0.406 e. The maximum Gasteiger partial charge on any atom is 0.573 e. The van der Waals surface area contributed by atoms with Crippen molar-refractivity contribution in [1.82, 2.24) is 10.5 Å². The number of hydrogen-bond acceptors (Lipinski definition) is 4. The van der Waals surface area contributed by atoms with Gasteiger partial charge in [0.15, 0.2) is 0 Å². The van der Waals surface area contributed by atoms with Crippen LogP contribution < -0.4 is 15.6 Å². The van der Waals surface area contributed by atoms with Crippen LogP contribution in [0.25, 0.3) is 0 Å². The summed E-state index contributed by atoms with van der Waals surface area (Å²) in [7, 11) is 0. The minimum atomic E-state index is -4.87. The molecule has 0 unspecified atom stereocenters. The topological polar surface area (TPSA) is 67.3 Å². The third-order valence-electron chi connectivity index (χ3n) is 3.93. The highest BCUT2D eigenvalue weighted by molar-refractivity contribution is 5.31. The lowest BCUT2D eigenvalue weighted by molar-refractivity contribution is -0.274. The number of hydrogen-bond donors (Lipinski definition) is 2. The molecule has 0 radical (unpaired) electrons. The molecular formula is C15H14F4N2O3. The quantitative estimate of drug-likeness (QED) is 0.838. The molecule has 0 aliphatic carbocycles. The van der Waals surface area contributed by atoms with E-state index in [0.29, 0.717) is 31.2 Å². The van der Waals surface area contributed by atoms with Crippen LogP contribution >= 0.6 is 0 Å². The fraction of sp³-hybridized carbons (Fsp3) is 0.400. The summed E-state index contributed by atoms with van der Waals surface area (Å²) in [6.45, 7) is 0.560. The molecule has 0 saturated carbocycles. The van der Waals surface area contributed by atoms with Gasteiger partial charge in [0.05, 0.1) is 0 Å². The molecule has 1 aromatic carbocycles. The van der Waals surface area contributed by atoms with E-state index in [4.69, 9.17) is 4.52 Å². The lowest BCUT2D eigenvalue weighted by atomic mass is 9.87. The van der Waals surface area contributed by atoms with Crippen molar-refractivity contribution in [3.05, 3.63) is 51.8 Å². The van der Waals surface area contributed by atoms with Gasteiger partial charge in [-0.05, 0) is 25.5 Å². The summed E-state index contributed by atoms with van der Waals surface area (Å²) in [4.78, 5) is 11.2. The molecule has 130 valence electrons. The van der Waals surface area contributed by atoms with E-state index in [9.17, 15) is 22.4 Å². The number of aromatic amines is 1. The predicted molar refractivity (Wildman–Crippen MR) is 75.1 cm³/mol. The molecule has 0 spiro atoms. The molecule has 1 fully saturated rings. The Kier molecular flexibility index (Phi) is 4.35. The number of H-pyrrole nitrogens is 1. The summed E-state index contributed by atoms with van der Waals surface area (Å²) >= 11 is 0. The van der Waals surface area contributed by atoms with Crippen molar-refractivity contribution < 1.29 is 26.8 Å². The minimum Gasteiger partial charge on any atom is -0.406 e. The van der Waals surface area contributed by atoms with E-state index in [0.717, 1.165) is 6.07 Å². The van der Waals surface area contributed by atoms with Gasteiger partial charge in [-0.1, -0.05) is 6.07 Å². The number of nitrogens with one attached hydrogen (secondary N) is 2. The third kappa shape index (κ3) is 3.78. The van der Waals surface area contributed by atoms with Crippen molar-refractivity contribution in [2.75, 3.05) is 6.54 Å². The van der Waals surface area contributed by atoms with E-state index in [1.807, 2.05) is 0 Å². The molecule has 2 heterocycles. The van der Waals surface area contributed by atoms with E-state index >= 15 is 0 Å². The van der Waals surface area contributed by atoms with E-state index in [1.54, 1.807) is 0 Å². The molecule has 0 amide bonds. The zero-order valence-corrected chi connectivity index (χ0v) is 12.3. The molecule has 9 heteroatoms. The van der Waals surface area contributed by atoms with Gasteiger partial charge < -0.3 is 14.6 Å². The van der Waals surface area contributed by atoms with Crippen molar-refractivity contribution in [2.24, 2.45) is 0 Å². The highest BCUT2D eigenvalue weighted by Gasteiger charge is 2.32. The number of piperidine rings is 1. The molecule has 1 aromatic heterocycles. The number of alkyl halides is 3. The highest BCUT2D eigenvalue weighted by atomic mass is 19.4. The van der Waals surface area contributed by atoms with Gasteiger partial charge in [0.1, 0.15) is 17.3 Å². The Morgan fingerprint density at radius 2 is 2.04 bits per heavy atom. The van der Waals surface area contributed by atoms with Crippen molar-refractivity contribution in [1.29, 1.82) is 0 Å². The molecule has 24 heavy (non-hydrogen) atoms. The van der Waals surface area contributed by atoms with Crippen LogP contribution in [0.3, 0.4) is 0 Å². The molecule has 3 rings (SSSR count). The second-order valence-electron chi connectivity index (χ2n) is 5.57. The number of rotatable bonds is 3. The van der Waals surface area contributed by atoms with Crippen molar-refractivity contribution >= 4 is 0 Å². The number of aromatic nitrogens is 1. The fourth-order valence-electron chi connectivity index (χ4n) is 2.90. The Morgan fingerprint density at radius 3 is 2.67 bits per heavy atom. The van der Waals surface area contributed by atoms with Crippen LogP contribution in [0.1, 0.15) is 36.1 Å². The van der Waals surface area contributed by atoms with Crippen molar-refractivity contribution in [2.45, 2.75) is 31.2 Å². The number of benzene rings is 1. The average Bonchev–Trinajstić information content (AvgIpc) is 2.92. The summed E-state index contributed by atoms with van der Waals surface area (Å²) < 4.78 is 59.5. The van der Waals surface area contributed by atoms with Gasteiger partial charge in [-0.3, -0.25) is 4.79 Å². The van der Waals surface area contributed by atoms with E-state index in [1.165, 1.54) is 12.1 Å². The van der Waals surface area contributed by atoms with Crippen LogP contribution in [0.5, 0.6) is 5.75 Å². The molecule has 5 nitrogen and oxygen atoms in total. The maximum absolute atomic E-state index is 14.2. The Hall–Kier alpha value is -2.29. The monoisotopic (exact) mass is 346 g/mol. The van der Waals surface area contributed by atoms with E-state index in [2.05, 4.69) is 15.2 Å². The van der Waals surface area contributed by atoms with Gasteiger partial charge in [0.25, 0.3) is 5.56 Å². The van der Waals surface area contributed by atoms with Crippen LogP contribution in [0.15, 0.2) is 33.6 Å². The summed E-state index contributed by atoms with van der Waals surface area (Å²) in [5.41, 5.74) is -0.105. The van der Waals surface area contributed by atoms with Crippen LogP contribution in [-0.4, -0.2) is 18.1 Å². The predicted octanol–water partition coefficient (Wildman–Crippen LogP) is 3.21. The summed E-state index contributed by atoms with van der Waals surface area (Å²) in [5.74, 6) is -0.984. The Morgan fingerprint density at radius 1 is 1.25 bits per heavy atom. The van der Waals surface area contributed by atoms with Gasteiger partial charge in [0.2, 0.25) is 0 Å². The van der Waals surface area contributed by atoms with Gasteiger partial charge in [-0.25, -0.2) is 4.39 Å². The molecular weight excluding hydrogens is 332 g/mol. The number of halogens is 4. The average molecular weight is 346 g/mol. The summed E-state index contributed by atoms with van der Waals surface area (Å²) in [5, 5.41) is 5.33. The molecule has 1 saturated heterocycles. The zero-order chi connectivity index (χ0) is 17.3. The second kappa shape index (κ2) is 6.31. The van der Waals surface area contributed by atoms with Gasteiger partial charge in [-0.15, -0.1) is 13.2 Å². The zero-order valence-electron chi connectivity index (χ0n) is 12.3. The largest absolute Gasteiger partial charge is 0.573 e. The Bertz CT molecular complexity index is 769. The van der Waals surface area contributed by atoms with Crippen LogP contribution in [-0.2, 0) is 0 Å². The van der Waals surface area contributed by atoms with Gasteiger partial charge in [0, 0.05) is 29.7 Å². The Balaban J connectivity index is 1.77. The Labute approximate surface area is 133 Å². The molecule has 1 aliphatic rings. The first kappa shape index (κ1) is 16.6. The summed E-state index contributed by atoms with van der Waals surface area (Å²) in [6, 6.07) is 4.01. The van der Waals surface area contributed by atoms with E-state index < -0.39 is 24.0 Å². The molecule has 2 atom stereocenters. The van der Waals surface area contributed by atoms with Gasteiger partial charge in [-0.2, -0.15) is 5.16 Å². The first-order valence-electron chi connectivity index (χ1n) is 7.29. The lowest BCUT2D eigenvalue weighted by Gasteiger charge is -2.29. The standard InChI is InChI=1S/C15H14F4N2O3/c16-11-6-9(23-15(17,18)19)1-2-10(11)12-5-8(3-4-20-12)13-7-14(22)21-24-13/h1-2,6-8,12,20H,3-5H2,(H,21,22)/t8-,12+/m0/s1. The molecule has 1 aliphatic heterocycles. The molecule has 2 aromatic rings. The first-order valence-corrected chi connectivity index (χ1v) is 7.29. The first-order chi connectivity index (χ1) is 11.3. The SMILES string of the molecule is O=c1cc([C@H]2CCN[C@@H](c3ccc(OC(F)(F)F)cc3F)C2)o[nH]1.